The molecule has 1 unspecified atom stereocenters. The average Bonchev–Trinajstić information content (AvgIpc) is 2.59. The average molecular weight is 324 g/mol. The van der Waals surface area contributed by atoms with E-state index in [9.17, 15) is 4.79 Å². The summed E-state index contributed by atoms with van der Waals surface area (Å²) in [5, 5.41) is 0. The number of hydrogen-bond acceptors (Lipinski definition) is 3. The van der Waals surface area contributed by atoms with Gasteiger partial charge >= 0.3 is 0 Å². The van der Waals surface area contributed by atoms with Gasteiger partial charge in [-0.2, -0.15) is 0 Å². The summed E-state index contributed by atoms with van der Waals surface area (Å²) in [5.41, 5.74) is 0. The van der Waals surface area contributed by atoms with Crippen molar-refractivity contribution in [3.63, 3.8) is 0 Å². The number of carbonyl (C=O) groups excluding carboxylic acids is 1. The van der Waals surface area contributed by atoms with Crippen LogP contribution < -0.4 is 0 Å². The van der Waals surface area contributed by atoms with Crippen LogP contribution in [0.15, 0.2) is 0 Å². The highest BCUT2D eigenvalue weighted by Gasteiger charge is 2.25. The fourth-order valence-electron chi connectivity index (χ4n) is 3.91. The molecule has 2 rings (SSSR count). The molecule has 23 heavy (non-hydrogen) atoms. The van der Waals surface area contributed by atoms with Crippen LogP contribution in [0.1, 0.15) is 53.4 Å². The van der Waals surface area contributed by atoms with Crippen LogP contribution in [-0.4, -0.2) is 72.5 Å². The molecule has 0 spiro atoms. The third-order valence-corrected chi connectivity index (χ3v) is 6.10. The SMILES string of the molecule is CCC(C)N1CCN(CCC(=O)N2CCC(C(C)C)CC2)CC1. The Morgan fingerprint density at radius 2 is 1.61 bits per heavy atom. The standard InChI is InChI=1S/C19H37N3O/c1-5-17(4)21-14-12-20(13-15-21)9-8-19(23)22-10-6-18(7-11-22)16(2)3/h16-18H,5-15H2,1-4H3. The van der Waals surface area contributed by atoms with E-state index in [-0.39, 0.29) is 0 Å². The van der Waals surface area contributed by atoms with E-state index < -0.39 is 0 Å². The zero-order chi connectivity index (χ0) is 16.8. The summed E-state index contributed by atoms with van der Waals surface area (Å²) in [6, 6.07) is 0.695. The number of hydrogen-bond donors (Lipinski definition) is 0. The van der Waals surface area contributed by atoms with E-state index in [0.717, 1.165) is 57.6 Å². The van der Waals surface area contributed by atoms with E-state index in [4.69, 9.17) is 0 Å². The first-order valence-corrected chi connectivity index (χ1v) is 9.75. The predicted octanol–water partition coefficient (Wildman–Crippen LogP) is 2.69. The van der Waals surface area contributed by atoms with Crippen molar-refractivity contribution in [1.82, 2.24) is 14.7 Å². The zero-order valence-electron chi connectivity index (χ0n) is 15.8. The fourth-order valence-corrected chi connectivity index (χ4v) is 3.91. The highest BCUT2D eigenvalue weighted by molar-refractivity contribution is 5.76. The van der Waals surface area contributed by atoms with Crippen LogP contribution >= 0.6 is 0 Å². The second-order valence-electron chi connectivity index (χ2n) is 7.85. The molecule has 0 aromatic heterocycles. The molecule has 2 aliphatic rings. The molecule has 4 nitrogen and oxygen atoms in total. The van der Waals surface area contributed by atoms with Crippen molar-refractivity contribution >= 4 is 5.91 Å². The van der Waals surface area contributed by atoms with Gasteiger partial charge in [0.1, 0.15) is 0 Å². The molecule has 2 fully saturated rings. The van der Waals surface area contributed by atoms with Gasteiger partial charge in [-0.25, -0.2) is 0 Å². The topological polar surface area (TPSA) is 26.8 Å². The first kappa shape index (κ1) is 18.7. The van der Waals surface area contributed by atoms with Crippen molar-refractivity contribution in [3.8, 4) is 0 Å². The second-order valence-corrected chi connectivity index (χ2v) is 7.85. The molecule has 0 aliphatic carbocycles. The molecule has 134 valence electrons. The Labute approximate surface area is 143 Å². The minimum atomic E-state index is 0.372. The van der Waals surface area contributed by atoms with Crippen LogP contribution in [0.2, 0.25) is 0 Å². The molecule has 2 saturated heterocycles. The van der Waals surface area contributed by atoms with Crippen molar-refractivity contribution in [3.05, 3.63) is 0 Å². The molecule has 0 aromatic carbocycles. The summed E-state index contributed by atoms with van der Waals surface area (Å²) in [7, 11) is 0. The van der Waals surface area contributed by atoms with Crippen molar-refractivity contribution < 1.29 is 4.79 Å². The number of rotatable bonds is 6. The van der Waals surface area contributed by atoms with Crippen molar-refractivity contribution in [2.75, 3.05) is 45.8 Å². The minimum absolute atomic E-state index is 0.372. The Morgan fingerprint density at radius 3 is 2.13 bits per heavy atom. The van der Waals surface area contributed by atoms with Gasteiger partial charge in [0.25, 0.3) is 0 Å². The number of piperazine rings is 1. The minimum Gasteiger partial charge on any atom is -0.343 e. The van der Waals surface area contributed by atoms with Crippen LogP contribution in [0.3, 0.4) is 0 Å². The Kier molecular flexibility index (Phi) is 7.35. The van der Waals surface area contributed by atoms with Crippen LogP contribution in [0.5, 0.6) is 0 Å². The van der Waals surface area contributed by atoms with Gasteiger partial charge in [0.15, 0.2) is 0 Å². The molecule has 0 N–H and O–H groups in total. The molecule has 0 bridgehead atoms. The Hall–Kier alpha value is -0.610. The van der Waals surface area contributed by atoms with E-state index in [1.165, 1.54) is 19.3 Å². The largest absolute Gasteiger partial charge is 0.343 e. The lowest BCUT2D eigenvalue weighted by molar-refractivity contribution is -0.133. The van der Waals surface area contributed by atoms with E-state index in [0.29, 0.717) is 18.4 Å². The van der Waals surface area contributed by atoms with Crippen LogP contribution in [0.4, 0.5) is 0 Å². The highest BCUT2D eigenvalue weighted by Crippen LogP contribution is 2.24. The van der Waals surface area contributed by atoms with Gasteiger partial charge < -0.3 is 9.80 Å². The maximum absolute atomic E-state index is 12.4. The number of piperidine rings is 1. The number of likely N-dealkylation sites (tertiary alicyclic amines) is 1. The first-order chi connectivity index (χ1) is 11.0. The van der Waals surface area contributed by atoms with Crippen molar-refractivity contribution in [1.29, 1.82) is 0 Å². The smallest absolute Gasteiger partial charge is 0.223 e. The molecule has 1 atom stereocenters. The number of amides is 1. The predicted molar refractivity (Wildman–Crippen MR) is 96.5 cm³/mol. The van der Waals surface area contributed by atoms with E-state index >= 15 is 0 Å². The van der Waals surface area contributed by atoms with Gasteiger partial charge in [0.2, 0.25) is 5.91 Å². The van der Waals surface area contributed by atoms with E-state index in [1.807, 2.05) is 0 Å². The van der Waals surface area contributed by atoms with Gasteiger partial charge in [-0.05, 0) is 38.0 Å². The lowest BCUT2D eigenvalue weighted by atomic mass is 9.86. The lowest BCUT2D eigenvalue weighted by Crippen LogP contribution is -2.50. The second kappa shape index (κ2) is 9.03. The quantitative estimate of drug-likeness (QED) is 0.752. The third kappa shape index (κ3) is 5.46. The molecule has 1 amide bonds. The summed E-state index contributed by atoms with van der Waals surface area (Å²) in [4.78, 5) is 19.6. The van der Waals surface area contributed by atoms with E-state index in [2.05, 4.69) is 42.4 Å². The van der Waals surface area contributed by atoms with Crippen LogP contribution in [0, 0.1) is 11.8 Å². The van der Waals surface area contributed by atoms with Crippen LogP contribution in [-0.2, 0) is 4.79 Å². The molecule has 2 aliphatic heterocycles. The summed E-state index contributed by atoms with van der Waals surface area (Å²) in [6.07, 6.45) is 4.31. The lowest BCUT2D eigenvalue weighted by Gasteiger charge is -2.38. The molecular weight excluding hydrogens is 286 g/mol. The number of nitrogens with zero attached hydrogens (tertiary/aromatic N) is 3. The molecule has 2 heterocycles. The van der Waals surface area contributed by atoms with Crippen LogP contribution in [0.25, 0.3) is 0 Å². The van der Waals surface area contributed by atoms with Gasteiger partial charge in [-0.3, -0.25) is 9.69 Å². The fraction of sp³-hybridized carbons (Fsp3) is 0.947. The van der Waals surface area contributed by atoms with Crippen molar-refractivity contribution in [2.24, 2.45) is 11.8 Å². The molecule has 0 aromatic rings. The summed E-state index contributed by atoms with van der Waals surface area (Å²) in [5.74, 6) is 1.94. The van der Waals surface area contributed by atoms with Gasteiger partial charge in [0, 0.05) is 58.3 Å². The molecule has 0 saturated carbocycles. The zero-order valence-corrected chi connectivity index (χ0v) is 15.8. The maximum Gasteiger partial charge on any atom is 0.223 e. The third-order valence-electron chi connectivity index (χ3n) is 6.10. The summed E-state index contributed by atoms with van der Waals surface area (Å²) < 4.78 is 0. The Morgan fingerprint density at radius 1 is 1.00 bits per heavy atom. The molecular formula is C19H37N3O. The van der Waals surface area contributed by atoms with Gasteiger partial charge in [-0.1, -0.05) is 20.8 Å². The monoisotopic (exact) mass is 323 g/mol. The summed E-state index contributed by atoms with van der Waals surface area (Å²) >= 11 is 0. The Balaban J connectivity index is 1.64. The normalized spacial score (nSPS) is 23.4. The van der Waals surface area contributed by atoms with Gasteiger partial charge in [-0.15, -0.1) is 0 Å². The number of carbonyl (C=O) groups is 1. The molecule has 0 radical (unpaired) electrons. The maximum atomic E-state index is 12.4. The van der Waals surface area contributed by atoms with Crippen molar-refractivity contribution in [2.45, 2.75) is 59.4 Å². The highest BCUT2D eigenvalue weighted by atomic mass is 16.2. The van der Waals surface area contributed by atoms with E-state index in [1.54, 1.807) is 0 Å². The van der Waals surface area contributed by atoms with Gasteiger partial charge in [0.05, 0.1) is 0 Å². The first-order valence-electron chi connectivity index (χ1n) is 9.75. The Bertz CT molecular complexity index is 356. The summed E-state index contributed by atoms with van der Waals surface area (Å²) in [6.45, 7) is 16.6. The molecule has 4 heteroatoms.